The second-order valence-electron chi connectivity index (χ2n) is 6.57. The molecule has 0 unspecified atom stereocenters. The van der Waals surface area contributed by atoms with Crippen molar-refractivity contribution >= 4 is 23.2 Å². The lowest BCUT2D eigenvalue weighted by atomic mass is 10.1. The number of nitrogens with one attached hydrogen (secondary N) is 1. The molecule has 0 saturated carbocycles. The average Bonchev–Trinajstić information content (AvgIpc) is 2.78. The molecule has 0 saturated heterocycles. The lowest BCUT2D eigenvalue weighted by Crippen LogP contribution is -2.26. The van der Waals surface area contributed by atoms with Crippen molar-refractivity contribution in [3.63, 3.8) is 0 Å². The number of amides is 1. The fourth-order valence-corrected chi connectivity index (χ4v) is 3.02. The van der Waals surface area contributed by atoms with Gasteiger partial charge in [-0.15, -0.1) is 0 Å². The van der Waals surface area contributed by atoms with E-state index >= 15 is 0 Å². The Morgan fingerprint density at radius 2 is 1.78 bits per heavy atom. The molecule has 3 rings (SSSR count). The van der Waals surface area contributed by atoms with Crippen molar-refractivity contribution in [2.24, 2.45) is 0 Å². The van der Waals surface area contributed by atoms with Crippen molar-refractivity contribution in [2.75, 3.05) is 12.4 Å². The molecule has 0 bridgehead atoms. The van der Waals surface area contributed by atoms with E-state index in [4.69, 9.17) is 26.3 Å². The van der Waals surface area contributed by atoms with E-state index in [1.54, 1.807) is 30.3 Å². The molecule has 0 aliphatic heterocycles. The number of hydrogen-bond acceptors (Lipinski definition) is 4. The highest BCUT2D eigenvalue weighted by Gasteiger charge is 2.32. The van der Waals surface area contributed by atoms with Gasteiger partial charge in [0.2, 0.25) is 6.10 Å². The van der Waals surface area contributed by atoms with Gasteiger partial charge < -0.3 is 14.8 Å². The van der Waals surface area contributed by atoms with Crippen LogP contribution < -0.4 is 14.8 Å². The summed E-state index contributed by atoms with van der Waals surface area (Å²) < 4.78 is 50.4. The number of hydrogen-bond donors (Lipinski definition) is 1. The van der Waals surface area contributed by atoms with Gasteiger partial charge in [-0.1, -0.05) is 41.9 Å². The van der Waals surface area contributed by atoms with Gasteiger partial charge in [0.1, 0.15) is 0 Å². The minimum atomic E-state index is -4.60. The number of rotatable bonds is 6. The second kappa shape index (κ2) is 9.62. The first-order chi connectivity index (χ1) is 15.2. The van der Waals surface area contributed by atoms with E-state index in [1.807, 2.05) is 6.07 Å². The van der Waals surface area contributed by atoms with Crippen LogP contribution in [0.3, 0.4) is 0 Å². The van der Waals surface area contributed by atoms with E-state index in [-0.39, 0.29) is 22.2 Å². The van der Waals surface area contributed by atoms with Gasteiger partial charge in [0.15, 0.2) is 11.5 Å². The van der Waals surface area contributed by atoms with E-state index in [1.165, 1.54) is 25.3 Å². The lowest BCUT2D eigenvalue weighted by Gasteiger charge is -2.21. The van der Waals surface area contributed by atoms with Crippen LogP contribution in [-0.4, -0.2) is 13.0 Å². The number of methoxy groups -OCH3 is 1. The zero-order valence-electron chi connectivity index (χ0n) is 16.6. The molecule has 0 aliphatic carbocycles. The van der Waals surface area contributed by atoms with Crippen LogP contribution in [0.4, 0.5) is 18.9 Å². The molecular formula is C23H16ClF3N2O3. The summed E-state index contributed by atoms with van der Waals surface area (Å²) in [6.07, 6.45) is -5.85. The largest absolute Gasteiger partial charge is 0.493 e. The maximum absolute atomic E-state index is 13.1. The van der Waals surface area contributed by atoms with Gasteiger partial charge in [-0.2, -0.15) is 18.4 Å². The van der Waals surface area contributed by atoms with Crippen molar-refractivity contribution in [3.05, 3.63) is 88.4 Å². The Kier molecular flexibility index (Phi) is 6.91. The van der Waals surface area contributed by atoms with Crippen molar-refractivity contribution in [1.82, 2.24) is 0 Å². The third kappa shape index (κ3) is 5.31. The molecule has 0 aromatic heterocycles. The molecule has 5 nitrogen and oxygen atoms in total. The van der Waals surface area contributed by atoms with Crippen LogP contribution in [0.25, 0.3) is 0 Å². The SMILES string of the molecule is COc1cc(C#N)ccc1O[C@@H](C(=O)Nc1cc(C(F)(F)F)ccc1Cl)c1ccccc1. The standard InChI is InChI=1S/C23H16ClF3N2O3/c1-31-20-11-14(13-28)7-10-19(20)32-21(15-5-3-2-4-6-15)22(30)29-18-12-16(23(25,26)27)8-9-17(18)24/h2-12,21H,1H3,(H,29,30)/t21-/m1/s1. The van der Waals surface area contributed by atoms with Crippen LogP contribution in [0.15, 0.2) is 66.7 Å². The fraction of sp³-hybridized carbons (Fsp3) is 0.130. The summed E-state index contributed by atoms with van der Waals surface area (Å²) in [6.45, 7) is 0. The normalized spacial score (nSPS) is 11.9. The number of halogens is 4. The summed E-state index contributed by atoms with van der Waals surface area (Å²) >= 11 is 6.01. The Morgan fingerprint density at radius 3 is 2.41 bits per heavy atom. The van der Waals surface area contributed by atoms with Gasteiger partial charge in [0.25, 0.3) is 5.91 Å². The molecule has 3 aromatic carbocycles. The van der Waals surface area contributed by atoms with Crippen LogP contribution in [-0.2, 0) is 11.0 Å². The zero-order valence-corrected chi connectivity index (χ0v) is 17.4. The summed E-state index contributed by atoms with van der Waals surface area (Å²) in [5, 5.41) is 11.4. The van der Waals surface area contributed by atoms with Gasteiger partial charge in [-0.3, -0.25) is 4.79 Å². The predicted octanol–water partition coefficient (Wildman–Crippen LogP) is 6.00. The van der Waals surface area contributed by atoms with Crippen molar-refractivity contribution < 1.29 is 27.4 Å². The molecule has 0 heterocycles. The van der Waals surface area contributed by atoms with E-state index < -0.39 is 23.8 Å². The topological polar surface area (TPSA) is 71.3 Å². The first-order valence-corrected chi connectivity index (χ1v) is 9.58. The molecule has 1 atom stereocenters. The number of nitrogens with zero attached hydrogens (tertiary/aromatic N) is 1. The lowest BCUT2D eigenvalue weighted by molar-refractivity contribution is -0.137. The predicted molar refractivity (Wildman–Crippen MR) is 113 cm³/mol. The summed E-state index contributed by atoms with van der Waals surface area (Å²) in [4.78, 5) is 13.1. The Labute approximate surface area is 187 Å². The molecule has 0 radical (unpaired) electrons. The van der Waals surface area contributed by atoms with Gasteiger partial charge >= 0.3 is 6.18 Å². The van der Waals surface area contributed by atoms with Crippen LogP contribution in [0, 0.1) is 11.3 Å². The van der Waals surface area contributed by atoms with Crippen LogP contribution in [0.5, 0.6) is 11.5 Å². The maximum atomic E-state index is 13.1. The highest BCUT2D eigenvalue weighted by atomic mass is 35.5. The van der Waals surface area contributed by atoms with E-state index in [0.29, 0.717) is 11.1 Å². The van der Waals surface area contributed by atoms with Crippen molar-refractivity contribution in [2.45, 2.75) is 12.3 Å². The number of ether oxygens (including phenoxy) is 2. The first-order valence-electron chi connectivity index (χ1n) is 9.20. The minimum Gasteiger partial charge on any atom is -0.493 e. The smallest absolute Gasteiger partial charge is 0.416 e. The molecule has 9 heteroatoms. The summed E-state index contributed by atoms with van der Waals surface area (Å²) in [6, 6.07) is 17.4. The number of benzene rings is 3. The highest BCUT2D eigenvalue weighted by molar-refractivity contribution is 6.33. The Balaban J connectivity index is 1.96. The van der Waals surface area contributed by atoms with Crippen LogP contribution in [0.1, 0.15) is 22.8 Å². The number of anilines is 1. The average molecular weight is 461 g/mol. The molecule has 32 heavy (non-hydrogen) atoms. The van der Waals surface area contributed by atoms with E-state index in [2.05, 4.69) is 5.32 Å². The number of nitriles is 1. The molecule has 1 N–H and O–H groups in total. The Hall–Kier alpha value is -3.70. The third-order valence-electron chi connectivity index (χ3n) is 4.43. The van der Waals surface area contributed by atoms with E-state index in [9.17, 15) is 18.0 Å². The molecule has 0 aliphatic rings. The quantitative estimate of drug-likeness (QED) is 0.490. The summed E-state index contributed by atoms with van der Waals surface area (Å²) in [7, 11) is 1.38. The van der Waals surface area contributed by atoms with Gasteiger partial charge in [-0.25, -0.2) is 0 Å². The van der Waals surface area contributed by atoms with Gasteiger partial charge in [-0.05, 0) is 30.3 Å². The molecule has 0 spiro atoms. The van der Waals surface area contributed by atoms with Crippen molar-refractivity contribution in [1.29, 1.82) is 5.26 Å². The third-order valence-corrected chi connectivity index (χ3v) is 4.76. The van der Waals surface area contributed by atoms with Crippen molar-refractivity contribution in [3.8, 4) is 17.6 Å². The number of alkyl halides is 3. The first kappa shape index (κ1) is 23.0. The van der Waals surface area contributed by atoms with E-state index in [0.717, 1.165) is 18.2 Å². The zero-order chi connectivity index (χ0) is 23.3. The van der Waals surface area contributed by atoms with Crippen LogP contribution in [0.2, 0.25) is 5.02 Å². The molecular weight excluding hydrogens is 445 g/mol. The number of carbonyl (C=O) groups is 1. The maximum Gasteiger partial charge on any atom is 0.416 e. The highest BCUT2D eigenvalue weighted by Crippen LogP contribution is 2.36. The van der Waals surface area contributed by atoms with Crippen LogP contribution >= 0.6 is 11.6 Å². The minimum absolute atomic E-state index is 0.0610. The Morgan fingerprint density at radius 1 is 1.06 bits per heavy atom. The fourth-order valence-electron chi connectivity index (χ4n) is 2.86. The number of carbonyl (C=O) groups excluding carboxylic acids is 1. The molecule has 1 amide bonds. The Bertz CT molecular complexity index is 1160. The molecule has 0 fully saturated rings. The molecule has 164 valence electrons. The summed E-state index contributed by atoms with van der Waals surface area (Å²) in [5.41, 5.74) is -0.392. The monoisotopic (exact) mass is 460 g/mol. The van der Waals surface area contributed by atoms with Gasteiger partial charge in [0.05, 0.1) is 35.0 Å². The molecule has 3 aromatic rings. The second-order valence-corrected chi connectivity index (χ2v) is 6.97. The summed E-state index contributed by atoms with van der Waals surface area (Å²) in [5.74, 6) is -0.357. The van der Waals surface area contributed by atoms with Gasteiger partial charge in [0, 0.05) is 11.6 Å².